The summed E-state index contributed by atoms with van der Waals surface area (Å²) in [4.78, 5) is 0. The van der Waals surface area contributed by atoms with Crippen LogP contribution in [0.1, 0.15) is 58.1 Å². The Kier molecular flexibility index (Phi) is 3.07. The molecule has 0 radical (unpaired) electrons. The van der Waals surface area contributed by atoms with Gasteiger partial charge in [-0.1, -0.05) is 45.0 Å². The molecule has 2 N–H and O–H groups in total. The normalized spacial score (nSPS) is 20.1. The van der Waals surface area contributed by atoms with Gasteiger partial charge >= 0.3 is 0 Å². The van der Waals surface area contributed by atoms with E-state index in [0.29, 0.717) is 0 Å². The summed E-state index contributed by atoms with van der Waals surface area (Å²) in [5.74, 6) is 0. The molecule has 1 nitrogen and oxygen atoms in total. The van der Waals surface area contributed by atoms with Crippen LogP contribution in [0.4, 0.5) is 0 Å². The van der Waals surface area contributed by atoms with Crippen LogP contribution in [-0.2, 0) is 10.8 Å². The zero-order chi connectivity index (χ0) is 12.7. The third-order valence-electron chi connectivity index (χ3n) is 4.79. The van der Waals surface area contributed by atoms with E-state index in [1.165, 1.54) is 30.4 Å². The molecule has 0 heterocycles. The van der Waals surface area contributed by atoms with E-state index < -0.39 is 0 Å². The molecule has 1 aromatic rings. The van der Waals surface area contributed by atoms with Crippen molar-refractivity contribution in [1.82, 2.24) is 0 Å². The Morgan fingerprint density at radius 3 is 2.12 bits per heavy atom. The zero-order valence-electron chi connectivity index (χ0n) is 11.6. The Hall–Kier alpha value is -0.820. The summed E-state index contributed by atoms with van der Waals surface area (Å²) < 4.78 is 0. The molecule has 1 saturated carbocycles. The Morgan fingerprint density at radius 2 is 1.76 bits per heavy atom. The Bertz CT molecular complexity index is 382. The lowest BCUT2D eigenvalue weighted by molar-refractivity contribution is 0.504. The van der Waals surface area contributed by atoms with Gasteiger partial charge in [-0.3, -0.25) is 0 Å². The highest BCUT2D eigenvalue weighted by atomic mass is 14.7. The quantitative estimate of drug-likeness (QED) is 0.839. The molecular weight excluding hydrogens is 206 g/mol. The van der Waals surface area contributed by atoms with Gasteiger partial charge in [-0.15, -0.1) is 0 Å². The van der Waals surface area contributed by atoms with Crippen molar-refractivity contribution < 1.29 is 0 Å². The molecule has 1 atom stereocenters. The van der Waals surface area contributed by atoms with Crippen LogP contribution in [0.2, 0.25) is 0 Å². The number of hydrogen-bond acceptors (Lipinski definition) is 1. The average Bonchev–Trinajstić information content (AvgIpc) is 3.10. The van der Waals surface area contributed by atoms with Crippen molar-refractivity contribution in [3.05, 3.63) is 35.4 Å². The second-order valence-corrected chi connectivity index (χ2v) is 6.26. The maximum atomic E-state index is 6.11. The van der Waals surface area contributed by atoms with Crippen LogP contribution in [0.15, 0.2) is 24.3 Å². The lowest BCUT2D eigenvalue weighted by Crippen LogP contribution is -2.31. The minimum Gasteiger partial charge on any atom is -0.327 e. The van der Waals surface area contributed by atoms with Crippen LogP contribution in [0.3, 0.4) is 0 Å². The second kappa shape index (κ2) is 4.13. The largest absolute Gasteiger partial charge is 0.327 e. The van der Waals surface area contributed by atoms with E-state index in [9.17, 15) is 0 Å². The molecule has 0 bridgehead atoms. The van der Waals surface area contributed by atoms with E-state index in [-0.39, 0.29) is 16.9 Å². The van der Waals surface area contributed by atoms with Gasteiger partial charge in [0.1, 0.15) is 0 Å². The third kappa shape index (κ3) is 2.13. The standard InChI is InChI=1S/C16H25N/c1-5-15(3,4)13-6-8-14(9-7-13)16(10-11-16)12(2)17/h6-9,12H,5,10-11,17H2,1-4H3. The molecule has 94 valence electrons. The van der Waals surface area contributed by atoms with Gasteiger partial charge in [0.2, 0.25) is 0 Å². The number of rotatable bonds is 4. The molecule has 1 aromatic carbocycles. The Morgan fingerprint density at radius 1 is 1.24 bits per heavy atom. The van der Waals surface area contributed by atoms with Gasteiger partial charge in [-0.05, 0) is 42.7 Å². The number of benzene rings is 1. The van der Waals surface area contributed by atoms with Crippen molar-refractivity contribution in [2.24, 2.45) is 5.73 Å². The first-order valence-corrected chi connectivity index (χ1v) is 6.79. The summed E-state index contributed by atoms with van der Waals surface area (Å²) in [6.45, 7) is 9.00. The molecule has 1 aliphatic carbocycles. The van der Waals surface area contributed by atoms with E-state index in [1.54, 1.807) is 0 Å². The highest BCUT2D eigenvalue weighted by Crippen LogP contribution is 2.50. The summed E-state index contributed by atoms with van der Waals surface area (Å²) in [5, 5.41) is 0. The van der Waals surface area contributed by atoms with Gasteiger partial charge in [-0.25, -0.2) is 0 Å². The van der Waals surface area contributed by atoms with Gasteiger partial charge in [0, 0.05) is 11.5 Å². The van der Waals surface area contributed by atoms with Crippen molar-refractivity contribution in [3.63, 3.8) is 0 Å². The van der Waals surface area contributed by atoms with Crippen LogP contribution in [0.25, 0.3) is 0 Å². The molecule has 1 fully saturated rings. The first kappa shape index (κ1) is 12.6. The molecule has 2 rings (SSSR count). The van der Waals surface area contributed by atoms with Gasteiger partial charge in [0.15, 0.2) is 0 Å². The highest BCUT2D eigenvalue weighted by Gasteiger charge is 2.47. The molecule has 17 heavy (non-hydrogen) atoms. The molecular formula is C16H25N. The number of nitrogens with two attached hydrogens (primary N) is 1. The number of hydrogen-bond donors (Lipinski definition) is 1. The average molecular weight is 231 g/mol. The molecule has 0 aromatic heterocycles. The highest BCUT2D eigenvalue weighted by molar-refractivity contribution is 5.37. The van der Waals surface area contributed by atoms with Crippen LogP contribution in [-0.4, -0.2) is 6.04 Å². The predicted molar refractivity (Wildman–Crippen MR) is 74.3 cm³/mol. The summed E-state index contributed by atoms with van der Waals surface area (Å²) in [6.07, 6.45) is 3.67. The van der Waals surface area contributed by atoms with E-state index in [2.05, 4.69) is 52.0 Å². The SMILES string of the molecule is CCC(C)(C)c1ccc(C2(C(C)N)CC2)cc1. The third-order valence-corrected chi connectivity index (χ3v) is 4.79. The maximum absolute atomic E-state index is 6.11. The first-order valence-electron chi connectivity index (χ1n) is 6.79. The summed E-state index contributed by atoms with van der Waals surface area (Å²) in [6, 6.07) is 9.45. The second-order valence-electron chi connectivity index (χ2n) is 6.26. The van der Waals surface area contributed by atoms with Crippen molar-refractivity contribution in [3.8, 4) is 0 Å². The molecule has 0 aliphatic heterocycles. The lowest BCUT2D eigenvalue weighted by atomic mass is 9.80. The van der Waals surface area contributed by atoms with Crippen molar-refractivity contribution in [2.45, 2.75) is 63.8 Å². The van der Waals surface area contributed by atoms with E-state index in [4.69, 9.17) is 5.73 Å². The molecule has 0 amide bonds. The fourth-order valence-electron chi connectivity index (χ4n) is 2.60. The summed E-state index contributed by atoms with van der Waals surface area (Å²) >= 11 is 0. The fraction of sp³-hybridized carbons (Fsp3) is 0.625. The van der Waals surface area contributed by atoms with E-state index in [1.807, 2.05) is 0 Å². The van der Waals surface area contributed by atoms with E-state index >= 15 is 0 Å². The zero-order valence-corrected chi connectivity index (χ0v) is 11.6. The van der Waals surface area contributed by atoms with Gasteiger partial charge in [0.25, 0.3) is 0 Å². The predicted octanol–water partition coefficient (Wildman–Crippen LogP) is 3.75. The summed E-state index contributed by atoms with van der Waals surface area (Å²) in [7, 11) is 0. The monoisotopic (exact) mass is 231 g/mol. The topological polar surface area (TPSA) is 26.0 Å². The van der Waals surface area contributed by atoms with Crippen molar-refractivity contribution in [1.29, 1.82) is 0 Å². The Balaban J connectivity index is 2.25. The van der Waals surface area contributed by atoms with Gasteiger partial charge < -0.3 is 5.73 Å². The minimum atomic E-state index is 0.271. The van der Waals surface area contributed by atoms with Crippen LogP contribution >= 0.6 is 0 Å². The molecule has 1 unspecified atom stereocenters. The van der Waals surface area contributed by atoms with Gasteiger partial charge in [-0.2, -0.15) is 0 Å². The fourth-order valence-corrected chi connectivity index (χ4v) is 2.60. The van der Waals surface area contributed by atoms with Crippen molar-refractivity contribution >= 4 is 0 Å². The van der Waals surface area contributed by atoms with Crippen molar-refractivity contribution in [2.75, 3.05) is 0 Å². The molecule has 0 spiro atoms. The van der Waals surface area contributed by atoms with E-state index in [0.717, 1.165) is 0 Å². The van der Waals surface area contributed by atoms with Crippen LogP contribution in [0, 0.1) is 0 Å². The molecule has 0 saturated heterocycles. The first-order chi connectivity index (χ1) is 7.92. The minimum absolute atomic E-state index is 0.271. The smallest absolute Gasteiger partial charge is 0.0108 e. The lowest BCUT2D eigenvalue weighted by Gasteiger charge is -2.25. The van der Waals surface area contributed by atoms with Crippen LogP contribution < -0.4 is 5.73 Å². The summed E-state index contributed by atoms with van der Waals surface area (Å²) in [5.41, 5.74) is 9.55. The Labute approximate surface area is 105 Å². The molecule has 1 heteroatoms. The van der Waals surface area contributed by atoms with Crippen LogP contribution in [0.5, 0.6) is 0 Å². The molecule has 1 aliphatic rings. The maximum Gasteiger partial charge on any atom is 0.0108 e. The van der Waals surface area contributed by atoms with Gasteiger partial charge in [0.05, 0.1) is 0 Å².